The Morgan fingerprint density at radius 1 is 1.48 bits per heavy atom. The van der Waals surface area contributed by atoms with Crippen molar-refractivity contribution in [3.05, 3.63) is 16.1 Å². The predicted octanol–water partition coefficient (Wildman–Crippen LogP) is 1.28. The molecule has 3 N–H and O–H groups in total. The van der Waals surface area contributed by atoms with Crippen LogP contribution < -0.4 is 11.1 Å². The Morgan fingerprint density at radius 3 is 2.71 bits per heavy atom. The highest BCUT2D eigenvalue weighted by Gasteiger charge is 2.43. The van der Waals surface area contributed by atoms with E-state index >= 15 is 0 Å². The van der Waals surface area contributed by atoms with Gasteiger partial charge in [0.2, 0.25) is 0 Å². The first-order chi connectivity index (χ1) is 9.61. The van der Waals surface area contributed by atoms with Gasteiger partial charge in [-0.15, -0.1) is 23.7 Å². The maximum atomic E-state index is 12.2. The number of ether oxygens (including phenoxy) is 1. The monoisotopic (exact) mass is 333 g/mol. The van der Waals surface area contributed by atoms with E-state index in [1.54, 1.807) is 5.38 Å². The van der Waals surface area contributed by atoms with Crippen LogP contribution in [0.3, 0.4) is 0 Å². The van der Waals surface area contributed by atoms with E-state index in [-0.39, 0.29) is 24.3 Å². The highest BCUT2D eigenvalue weighted by molar-refractivity contribution is 7.09. The van der Waals surface area contributed by atoms with E-state index in [9.17, 15) is 9.59 Å². The summed E-state index contributed by atoms with van der Waals surface area (Å²) in [6.45, 7) is 0.501. The zero-order valence-corrected chi connectivity index (χ0v) is 13.5. The van der Waals surface area contributed by atoms with E-state index in [0.29, 0.717) is 31.5 Å². The SMILES string of the molecule is COC(=O)C1(NC(=O)c2csc(CCN)n2)CCCC1.Cl. The molecule has 2 rings (SSSR count). The molecule has 0 aliphatic heterocycles. The van der Waals surface area contributed by atoms with Crippen LogP contribution in [0, 0.1) is 0 Å². The number of carbonyl (C=O) groups excluding carboxylic acids is 2. The van der Waals surface area contributed by atoms with Crippen molar-refractivity contribution in [2.75, 3.05) is 13.7 Å². The molecule has 0 aromatic carbocycles. The molecule has 0 bridgehead atoms. The summed E-state index contributed by atoms with van der Waals surface area (Å²) in [5.74, 6) is -0.697. The van der Waals surface area contributed by atoms with Gasteiger partial charge < -0.3 is 15.8 Å². The fourth-order valence-electron chi connectivity index (χ4n) is 2.49. The Morgan fingerprint density at radius 2 is 2.14 bits per heavy atom. The van der Waals surface area contributed by atoms with Crippen molar-refractivity contribution in [1.82, 2.24) is 10.3 Å². The summed E-state index contributed by atoms with van der Waals surface area (Å²) in [4.78, 5) is 28.4. The number of carbonyl (C=O) groups is 2. The molecule has 21 heavy (non-hydrogen) atoms. The average Bonchev–Trinajstić information content (AvgIpc) is 3.08. The Bertz CT molecular complexity index is 501. The van der Waals surface area contributed by atoms with Crippen molar-refractivity contribution in [2.24, 2.45) is 5.73 Å². The third-order valence-corrected chi connectivity index (χ3v) is 4.44. The second-order valence-corrected chi connectivity index (χ2v) is 5.84. The highest BCUT2D eigenvalue weighted by atomic mass is 35.5. The van der Waals surface area contributed by atoms with Gasteiger partial charge in [-0.05, 0) is 19.4 Å². The van der Waals surface area contributed by atoms with Crippen molar-refractivity contribution < 1.29 is 14.3 Å². The van der Waals surface area contributed by atoms with Crippen LogP contribution in [0.4, 0.5) is 0 Å². The number of halogens is 1. The number of hydrogen-bond acceptors (Lipinski definition) is 6. The number of esters is 1. The largest absolute Gasteiger partial charge is 0.467 e. The lowest BCUT2D eigenvalue weighted by molar-refractivity contribution is -0.148. The number of hydrogen-bond donors (Lipinski definition) is 2. The van der Waals surface area contributed by atoms with Crippen molar-refractivity contribution in [2.45, 2.75) is 37.6 Å². The Hall–Kier alpha value is -1.18. The molecule has 1 fully saturated rings. The van der Waals surface area contributed by atoms with Gasteiger partial charge in [-0.25, -0.2) is 9.78 Å². The lowest BCUT2D eigenvalue weighted by Gasteiger charge is -2.26. The number of nitrogens with one attached hydrogen (secondary N) is 1. The second kappa shape index (κ2) is 7.72. The van der Waals surface area contributed by atoms with E-state index in [4.69, 9.17) is 10.5 Å². The lowest BCUT2D eigenvalue weighted by atomic mass is 9.97. The number of aromatic nitrogens is 1. The molecule has 0 atom stereocenters. The normalized spacial score (nSPS) is 16.1. The van der Waals surface area contributed by atoms with Gasteiger partial charge in [-0.1, -0.05) is 12.8 Å². The van der Waals surface area contributed by atoms with Gasteiger partial charge in [-0.3, -0.25) is 4.79 Å². The Kier molecular flexibility index (Phi) is 6.57. The van der Waals surface area contributed by atoms with Crippen molar-refractivity contribution in [3.8, 4) is 0 Å². The lowest BCUT2D eigenvalue weighted by Crippen LogP contribution is -2.53. The van der Waals surface area contributed by atoms with Crippen molar-refractivity contribution in [1.29, 1.82) is 0 Å². The molecule has 1 heterocycles. The molecule has 0 unspecified atom stereocenters. The van der Waals surface area contributed by atoms with E-state index in [0.717, 1.165) is 17.8 Å². The molecular weight excluding hydrogens is 314 g/mol. The number of amides is 1. The van der Waals surface area contributed by atoms with E-state index in [1.165, 1.54) is 18.4 Å². The zero-order valence-electron chi connectivity index (χ0n) is 11.9. The standard InChI is InChI=1S/C13H19N3O3S.ClH/c1-19-12(18)13(5-2-3-6-13)16-11(17)9-8-20-10(15-9)4-7-14;/h8H,2-7,14H2,1H3,(H,16,17);1H. The van der Waals surface area contributed by atoms with Crippen LogP contribution in [-0.2, 0) is 16.0 Å². The number of nitrogens with two attached hydrogens (primary N) is 1. The summed E-state index contributed by atoms with van der Waals surface area (Å²) in [7, 11) is 1.34. The molecule has 6 nitrogen and oxygen atoms in total. The quantitative estimate of drug-likeness (QED) is 0.792. The highest BCUT2D eigenvalue weighted by Crippen LogP contribution is 2.31. The number of methoxy groups -OCH3 is 1. The summed E-state index contributed by atoms with van der Waals surface area (Å²) in [5, 5.41) is 5.34. The molecule has 0 spiro atoms. The van der Waals surface area contributed by atoms with Crippen LogP contribution >= 0.6 is 23.7 Å². The van der Waals surface area contributed by atoms with Gasteiger partial charge >= 0.3 is 5.97 Å². The summed E-state index contributed by atoms with van der Waals surface area (Å²) in [6, 6.07) is 0. The van der Waals surface area contributed by atoms with Gasteiger partial charge in [0.25, 0.3) is 5.91 Å². The molecule has 1 saturated carbocycles. The first-order valence-electron chi connectivity index (χ1n) is 6.67. The molecule has 1 amide bonds. The minimum atomic E-state index is -0.885. The van der Waals surface area contributed by atoms with Crippen molar-refractivity contribution >= 4 is 35.6 Å². The fourth-order valence-corrected chi connectivity index (χ4v) is 3.28. The summed E-state index contributed by atoms with van der Waals surface area (Å²) in [5.41, 5.74) is 4.92. The topological polar surface area (TPSA) is 94.3 Å². The second-order valence-electron chi connectivity index (χ2n) is 4.90. The van der Waals surface area contributed by atoms with Crippen LogP contribution in [-0.4, -0.2) is 36.1 Å². The average molecular weight is 334 g/mol. The van der Waals surface area contributed by atoms with E-state index in [2.05, 4.69) is 10.3 Å². The number of rotatable bonds is 5. The van der Waals surface area contributed by atoms with E-state index < -0.39 is 5.54 Å². The summed E-state index contributed by atoms with van der Waals surface area (Å²) < 4.78 is 4.83. The van der Waals surface area contributed by atoms with Crippen LogP contribution in [0.15, 0.2) is 5.38 Å². The summed E-state index contributed by atoms with van der Waals surface area (Å²) >= 11 is 1.41. The van der Waals surface area contributed by atoms with Crippen LogP contribution in [0.5, 0.6) is 0 Å². The maximum Gasteiger partial charge on any atom is 0.331 e. The number of nitrogens with zero attached hydrogens (tertiary/aromatic N) is 1. The molecule has 0 saturated heterocycles. The van der Waals surface area contributed by atoms with Gasteiger partial charge in [0.05, 0.1) is 12.1 Å². The molecule has 8 heteroatoms. The van der Waals surface area contributed by atoms with Gasteiger partial charge in [0.1, 0.15) is 11.2 Å². The third kappa shape index (κ3) is 3.93. The molecule has 1 aliphatic carbocycles. The number of thiazole rings is 1. The molecular formula is C13H20ClN3O3S. The van der Waals surface area contributed by atoms with Crippen LogP contribution in [0.25, 0.3) is 0 Å². The molecule has 118 valence electrons. The fraction of sp³-hybridized carbons (Fsp3) is 0.615. The van der Waals surface area contributed by atoms with Crippen molar-refractivity contribution in [3.63, 3.8) is 0 Å². The minimum Gasteiger partial charge on any atom is -0.467 e. The van der Waals surface area contributed by atoms with E-state index in [1.807, 2.05) is 0 Å². The van der Waals surface area contributed by atoms with Crippen LogP contribution in [0.2, 0.25) is 0 Å². The third-order valence-electron chi connectivity index (χ3n) is 3.53. The molecule has 1 aliphatic rings. The first kappa shape index (κ1) is 17.9. The summed E-state index contributed by atoms with van der Waals surface area (Å²) in [6.07, 6.45) is 3.70. The minimum absolute atomic E-state index is 0. The Balaban J connectivity index is 0.00000220. The van der Waals surface area contributed by atoms with Gasteiger partial charge in [0, 0.05) is 11.8 Å². The van der Waals surface area contributed by atoms with Gasteiger partial charge in [-0.2, -0.15) is 0 Å². The smallest absolute Gasteiger partial charge is 0.331 e. The van der Waals surface area contributed by atoms with Gasteiger partial charge in [0.15, 0.2) is 0 Å². The zero-order chi connectivity index (χ0) is 14.6. The maximum absolute atomic E-state index is 12.2. The Labute approximate surface area is 133 Å². The first-order valence-corrected chi connectivity index (χ1v) is 7.54. The predicted molar refractivity (Wildman–Crippen MR) is 82.8 cm³/mol. The molecule has 0 radical (unpaired) electrons. The van der Waals surface area contributed by atoms with Crippen LogP contribution in [0.1, 0.15) is 41.2 Å². The molecule has 1 aromatic rings. The molecule has 1 aromatic heterocycles.